The first-order valence-electron chi connectivity index (χ1n) is 10.4. The Kier molecular flexibility index (Phi) is 13.1. The summed E-state index contributed by atoms with van der Waals surface area (Å²) < 4.78 is 0. The number of aliphatic hydroxyl groups is 1. The van der Waals surface area contributed by atoms with Gasteiger partial charge in [-0.05, 0) is 19.3 Å². The SMILES string of the molecule is CCCCCCC(O)CCCCCCCCCCC(=O)ON1CC1. The van der Waals surface area contributed by atoms with Gasteiger partial charge in [-0.1, -0.05) is 77.6 Å². The predicted octanol–water partition coefficient (Wildman–Crippen LogP) is 4.99. The van der Waals surface area contributed by atoms with Gasteiger partial charge in [0.25, 0.3) is 0 Å². The van der Waals surface area contributed by atoms with Gasteiger partial charge in [0, 0.05) is 6.42 Å². The molecule has 0 aromatic rings. The van der Waals surface area contributed by atoms with Crippen LogP contribution in [0, 0.1) is 0 Å². The lowest BCUT2D eigenvalue weighted by Crippen LogP contribution is -2.08. The molecular formula is C20H39NO3. The Morgan fingerprint density at radius 2 is 1.38 bits per heavy atom. The summed E-state index contributed by atoms with van der Waals surface area (Å²) in [6, 6.07) is 0. The fourth-order valence-electron chi connectivity index (χ4n) is 2.98. The van der Waals surface area contributed by atoms with E-state index in [0.717, 1.165) is 45.2 Å². The summed E-state index contributed by atoms with van der Waals surface area (Å²) in [5.41, 5.74) is 0. The molecule has 4 heteroatoms. The van der Waals surface area contributed by atoms with Gasteiger partial charge in [-0.25, -0.2) is 0 Å². The van der Waals surface area contributed by atoms with Crippen molar-refractivity contribution in [3.05, 3.63) is 0 Å². The Morgan fingerprint density at radius 1 is 0.875 bits per heavy atom. The van der Waals surface area contributed by atoms with Crippen LogP contribution in [0.2, 0.25) is 0 Å². The zero-order valence-electron chi connectivity index (χ0n) is 15.8. The molecule has 1 heterocycles. The number of aliphatic hydroxyl groups excluding tert-OH is 1. The molecule has 24 heavy (non-hydrogen) atoms. The van der Waals surface area contributed by atoms with Crippen molar-refractivity contribution in [1.82, 2.24) is 5.06 Å². The minimum absolute atomic E-state index is 0.0687. The van der Waals surface area contributed by atoms with Crippen molar-refractivity contribution in [2.24, 2.45) is 0 Å². The molecule has 0 aromatic carbocycles. The normalized spacial score (nSPS) is 15.4. The quantitative estimate of drug-likeness (QED) is 0.299. The molecule has 1 aliphatic rings. The summed E-state index contributed by atoms with van der Waals surface area (Å²) in [5, 5.41) is 11.6. The van der Waals surface area contributed by atoms with Gasteiger partial charge in [0.2, 0.25) is 0 Å². The topological polar surface area (TPSA) is 49.5 Å². The molecule has 0 aromatic heterocycles. The van der Waals surface area contributed by atoms with Crippen LogP contribution in [0.5, 0.6) is 0 Å². The van der Waals surface area contributed by atoms with Crippen LogP contribution in [0.25, 0.3) is 0 Å². The summed E-state index contributed by atoms with van der Waals surface area (Å²) in [5.74, 6) is -0.0687. The average molecular weight is 342 g/mol. The monoisotopic (exact) mass is 341 g/mol. The summed E-state index contributed by atoms with van der Waals surface area (Å²) in [6.07, 6.45) is 17.0. The first kappa shape index (κ1) is 21.4. The van der Waals surface area contributed by atoms with Crippen molar-refractivity contribution in [3.63, 3.8) is 0 Å². The van der Waals surface area contributed by atoms with E-state index in [1.807, 2.05) is 0 Å². The molecule has 1 aliphatic heterocycles. The van der Waals surface area contributed by atoms with E-state index >= 15 is 0 Å². The molecule has 0 aliphatic carbocycles. The standard InChI is InChI=1S/C20H39NO3/c1-2-3-4-11-14-19(22)15-12-9-7-5-6-8-10-13-16-20(23)24-21-17-18-21/h19,22H,2-18H2,1H3. The first-order chi connectivity index (χ1) is 11.7. The van der Waals surface area contributed by atoms with Crippen molar-refractivity contribution < 1.29 is 14.7 Å². The molecule has 0 bridgehead atoms. The van der Waals surface area contributed by atoms with Crippen LogP contribution in [-0.4, -0.2) is 35.3 Å². The van der Waals surface area contributed by atoms with Crippen LogP contribution in [0.3, 0.4) is 0 Å². The maximum atomic E-state index is 11.4. The molecule has 1 unspecified atom stereocenters. The number of hydroxylamine groups is 2. The van der Waals surface area contributed by atoms with Gasteiger partial charge in [0.1, 0.15) is 0 Å². The summed E-state index contributed by atoms with van der Waals surface area (Å²) in [4.78, 5) is 16.4. The smallest absolute Gasteiger partial charge is 0.325 e. The Bertz CT molecular complexity index is 305. The molecule has 142 valence electrons. The zero-order valence-corrected chi connectivity index (χ0v) is 15.8. The molecule has 1 rings (SSSR count). The lowest BCUT2D eigenvalue weighted by Gasteiger charge is -2.10. The molecule has 1 atom stereocenters. The average Bonchev–Trinajstić information content (AvgIpc) is 3.37. The van der Waals surface area contributed by atoms with Crippen molar-refractivity contribution in [1.29, 1.82) is 0 Å². The fraction of sp³-hybridized carbons (Fsp3) is 0.950. The maximum absolute atomic E-state index is 11.4. The first-order valence-corrected chi connectivity index (χ1v) is 10.4. The summed E-state index contributed by atoms with van der Waals surface area (Å²) >= 11 is 0. The number of hydrogen-bond acceptors (Lipinski definition) is 4. The van der Waals surface area contributed by atoms with Gasteiger partial charge in [-0.2, -0.15) is 0 Å². The highest BCUT2D eigenvalue weighted by molar-refractivity contribution is 5.69. The minimum Gasteiger partial charge on any atom is -0.393 e. The van der Waals surface area contributed by atoms with Gasteiger partial charge in [-0.3, -0.25) is 4.79 Å². The van der Waals surface area contributed by atoms with E-state index in [4.69, 9.17) is 4.84 Å². The lowest BCUT2D eigenvalue weighted by atomic mass is 10.0. The highest BCUT2D eigenvalue weighted by atomic mass is 16.7. The highest BCUT2D eigenvalue weighted by Gasteiger charge is 2.21. The van der Waals surface area contributed by atoms with E-state index in [1.54, 1.807) is 5.06 Å². The van der Waals surface area contributed by atoms with Crippen LogP contribution in [0.1, 0.15) is 103 Å². The van der Waals surface area contributed by atoms with Crippen LogP contribution < -0.4 is 0 Å². The van der Waals surface area contributed by atoms with Crippen LogP contribution in [0.15, 0.2) is 0 Å². The molecule has 1 N–H and O–H groups in total. The van der Waals surface area contributed by atoms with E-state index in [9.17, 15) is 9.90 Å². The van der Waals surface area contributed by atoms with Gasteiger partial charge in [0.05, 0.1) is 19.2 Å². The number of carbonyl (C=O) groups excluding carboxylic acids is 1. The van der Waals surface area contributed by atoms with E-state index < -0.39 is 0 Å². The highest BCUT2D eigenvalue weighted by Crippen LogP contribution is 2.14. The van der Waals surface area contributed by atoms with E-state index in [1.165, 1.54) is 57.8 Å². The second-order valence-corrected chi connectivity index (χ2v) is 7.26. The van der Waals surface area contributed by atoms with Crippen LogP contribution >= 0.6 is 0 Å². The summed E-state index contributed by atoms with van der Waals surface area (Å²) in [7, 11) is 0. The Hall–Kier alpha value is -0.610. The molecule has 1 fully saturated rings. The third kappa shape index (κ3) is 13.8. The Balaban J connectivity index is 1.73. The van der Waals surface area contributed by atoms with Crippen molar-refractivity contribution in [2.45, 2.75) is 109 Å². The Labute approximate surface area is 148 Å². The number of rotatable bonds is 17. The third-order valence-electron chi connectivity index (χ3n) is 4.70. The van der Waals surface area contributed by atoms with Crippen molar-refractivity contribution >= 4 is 5.97 Å². The van der Waals surface area contributed by atoms with E-state index in [-0.39, 0.29) is 12.1 Å². The predicted molar refractivity (Wildman–Crippen MR) is 98.6 cm³/mol. The second-order valence-electron chi connectivity index (χ2n) is 7.26. The second kappa shape index (κ2) is 14.7. The third-order valence-corrected chi connectivity index (χ3v) is 4.70. The van der Waals surface area contributed by atoms with Gasteiger partial charge in [0.15, 0.2) is 0 Å². The number of carbonyl (C=O) groups is 1. The van der Waals surface area contributed by atoms with Gasteiger partial charge >= 0.3 is 5.97 Å². The van der Waals surface area contributed by atoms with Gasteiger partial charge < -0.3 is 9.94 Å². The van der Waals surface area contributed by atoms with Crippen molar-refractivity contribution in [2.75, 3.05) is 13.1 Å². The summed E-state index contributed by atoms with van der Waals surface area (Å²) in [6.45, 7) is 4.03. The van der Waals surface area contributed by atoms with Crippen molar-refractivity contribution in [3.8, 4) is 0 Å². The maximum Gasteiger partial charge on any atom is 0.325 e. The largest absolute Gasteiger partial charge is 0.393 e. The minimum atomic E-state index is -0.0754. The lowest BCUT2D eigenvalue weighted by molar-refractivity contribution is -0.166. The fourth-order valence-corrected chi connectivity index (χ4v) is 2.98. The number of hydrogen-bond donors (Lipinski definition) is 1. The molecule has 0 radical (unpaired) electrons. The van der Waals surface area contributed by atoms with Gasteiger partial charge in [-0.15, -0.1) is 5.06 Å². The number of unbranched alkanes of at least 4 members (excludes halogenated alkanes) is 10. The molecule has 4 nitrogen and oxygen atoms in total. The van der Waals surface area contributed by atoms with Crippen LogP contribution in [-0.2, 0) is 9.63 Å². The molecular weight excluding hydrogens is 302 g/mol. The van der Waals surface area contributed by atoms with E-state index in [0.29, 0.717) is 6.42 Å². The number of nitrogens with zero attached hydrogens (tertiary/aromatic N) is 1. The van der Waals surface area contributed by atoms with E-state index in [2.05, 4.69) is 6.92 Å². The Morgan fingerprint density at radius 3 is 1.92 bits per heavy atom. The zero-order chi connectivity index (χ0) is 17.5. The van der Waals surface area contributed by atoms with Crippen LogP contribution in [0.4, 0.5) is 0 Å². The molecule has 0 saturated carbocycles. The molecule has 0 amide bonds. The molecule has 1 saturated heterocycles. The molecule has 0 spiro atoms.